The number of guanidine groups is 1. The smallest absolute Gasteiger partial charge is 0.191 e. The molecule has 2 atom stereocenters. The number of benzene rings is 1. The fraction of sp³-hybridized carbons (Fsp3) is 0.524. The highest BCUT2D eigenvalue weighted by Crippen LogP contribution is 2.23. The molecule has 6 heteroatoms. The molecule has 1 saturated heterocycles. The summed E-state index contributed by atoms with van der Waals surface area (Å²) in [7, 11) is 1.82. The minimum atomic E-state index is 0.195. The Kier molecular flexibility index (Phi) is 6.74. The lowest BCUT2D eigenvalue weighted by molar-refractivity contribution is 0.442. The summed E-state index contributed by atoms with van der Waals surface area (Å²) in [5.41, 5.74) is 2.61. The van der Waals surface area contributed by atoms with Crippen LogP contribution in [0.1, 0.15) is 38.3 Å². The third-order valence-corrected chi connectivity index (χ3v) is 5.09. The van der Waals surface area contributed by atoms with Gasteiger partial charge in [0.1, 0.15) is 0 Å². The van der Waals surface area contributed by atoms with Crippen LogP contribution in [0.3, 0.4) is 0 Å². The molecule has 2 N–H and O–H groups in total. The molecule has 0 radical (unpaired) electrons. The van der Waals surface area contributed by atoms with Crippen molar-refractivity contribution in [3.8, 4) is 0 Å². The average Bonchev–Trinajstić information content (AvgIpc) is 3.39. The van der Waals surface area contributed by atoms with Gasteiger partial charge in [0.2, 0.25) is 0 Å². The fourth-order valence-electron chi connectivity index (χ4n) is 3.51. The van der Waals surface area contributed by atoms with E-state index in [1.807, 2.05) is 30.2 Å². The van der Waals surface area contributed by atoms with Gasteiger partial charge in [-0.15, -0.1) is 0 Å². The maximum atomic E-state index is 4.38. The highest BCUT2D eigenvalue weighted by atomic mass is 15.3. The molecule has 2 unspecified atom stereocenters. The lowest BCUT2D eigenvalue weighted by Gasteiger charge is -2.22. The van der Waals surface area contributed by atoms with Crippen molar-refractivity contribution in [2.45, 2.75) is 39.3 Å². The number of hydrogen-bond acceptors (Lipinski definition) is 3. The molecule has 1 fully saturated rings. The Hall–Kier alpha value is -2.50. The Labute approximate surface area is 162 Å². The first-order chi connectivity index (χ1) is 13.2. The molecule has 0 saturated carbocycles. The highest BCUT2D eigenvalue weighted by Gasteiger charge is 2.14. The van der Waals surface area contributed by atoms with Crippen molar-refractivity contribution < 1.29 is 0 Å². The number of nitrogens with one attached hydrogen (secondary N) is 2. The zero-order valence-electron chi connectivity index (χ0n) is 16.7. The Morgan fingerprint density at radius 3 is 2.74 bits per heavy atom. The molecular weight excluding hydrogens is 336 g/mol. The first-order valence-electron chi connectivity index (χ1n) is 9.95. The van der Waals surface area contributed by atoms with E-state index in [1.165, 1.54) is 37.2 Å². The third kappa shape index (κ3) is 5.49. The molecule has 0 spiro atoms. The molecule has 6 nitrogen and oxygen atoms in total. The van der Waals surface area contributed by atoms with Gasteiger partial charge in [0.25, 0.3) is 0 Å². The molecule has 1 aliphatic rings. The Morgan fingerprint density at radius 1 is 1.22 bits per heavy atom. The largest absolute Gasteiger partial charge is 0.372 e. The SMILES string of the molecule is CN=C(NCC(C)Cn1cccn1)NC(C)c1cccc(N2CCCC2)c1. The molecule has 1 aliphatic heterocycles. The molecular formula is C21H32N6. The number of rotatable bonds is 7. The van der Waals surface area contributed by atoms with E-state index < -0.39 is 0 Å². The van der Waals surface area contributed by atoms with Crippen LogP contribution in [0.4, 0.5) is 5.69 Å². The van der Waals surface area contributed by atoms with Crippen molar-refractivity contribution in [2.75, 3.05) is 31.6 Å². The molecule has 2 aromatic rings. The summed E-state index contributed by atoms with van der Waals surface area (Å²) in [6.45, 7) is 8.48. The number of hydrogen-bond donors (Lipinski definition) is 2. The van der Waals surface area contributed by atoms with Crippen molar-refractivity contribution in [1.29, 1.82) is 0 Å². The van der Waals surface area contributed by atoms with Crippen LogP contribution in [0.5, 0.6) is 0 Å². The summed E-state index contributed by atoms with van der Waals surface area (Å²) in [4.78, 5) is 6.86. The van der Waals surface area contributed by atoms with E-state index in [4.69, 9.17) is 0 Å². The molecule has 0 aliphatic carbocycles. The number of aliphatic imine (C=N–C) groups is 1. The monoisotopic (exact) mass is 368 g/mol. The topological polar surface area (TPSA) is 57.5 Å². The quantitative estimate of drug-likeness (QED) is 0.583. The van der Waals surface area contributed by atoms with Crippen LogP contribution in [0.15, 0.2) is 47.7 Å². The minimum Gasteiger partial charge on any atom is -0.372 e. The Balaban J connectivity index is 1.52. The van der Waals surface area contributed by atoms with Crippen LogP contribution >= 0.6 is 0 Å². The summed E-state index contributed by atoms with van der Waals surface area (Å²) in [6, 6.07) is 11.0. The highest BCUT2D eigenvalue weighted by molar-refractivity contribution is 5.80. The van der Waals surface area contributed by atoms with Gasteiger partial charge in [-0.2, -0.15) is 5.10 Å². The first kappa shape index (κ1) is 19.3. The van der Waals surface area contributed by atoms with Crippen LogP contribution in [-0.2, 0) is 6.54 Å². The van der Waals surface area contributed by atoms with E-state index in [2.05, 4.69) is 63.7 Å². The number of nitrogens with zero attached hydrogens (tertiary/aromatic N) is 4. The van der Waals surface area contributed by atoms with Crippen molar-refractivity contribution in [3.05, 3.63) is 48.3 Å². The van der Waals surface area contributed by atoms with Crippen LogP contribution in [-0.4, -0.2) is 42.4 Å². The Morgan fingerprint density at radius 2 is 2.04 bits per heavy atom. The van der Waals surface area contributed by atoms with E-state index >= 15 is 0 Å². The van der Waals surface area contributed by atoms with Crippen LogP contribution in [0.25, 0.3) is 0 Å². The molecule has 3 rings (SSSR count). The van der Waals surface area contributed by atoms with Crippen molar-refractivity contribution >= 4 is 11.6 Å². The van der Waals surface area contributed by atoms with Gasteiger partial charge in [-0.3, -0.25) is 9.67 Å². The minimum absolute atomic E-state index is 0.195. The van der Waals surface area contributed by atoms with Gasteiger partial charge < -0.3 is 15.5 Å². The summed E-state index contributed by atoms with van der Waals surface area (Å²) in [5.74, 6) is 1.29. The summed E-state index contributed by atoms with van der Waals surface area (Å²) < 4.78 is 1.97. The predicted octanol–water partition coefficient (Wildman–Crippen LogP) is 3.05. The summed E-state index contributed by atoms with van der Waals surface area (Å²) in [6.07, 6.45) is 6.41. The molecule has 27 heavy (non-hydrogen) atoms. The predicted molar refractivity (Wildman–Crippen MR) is 112 cm³/mol. The van der Waals surface area contributed by atoms with E-state index in [9.17, 15) is 0 Å². The maximum absolute atomic E-state index is 4.38. The average molecular weight is 369 g/mol. The van der Waals surface area contributed by atoms with Crippen molar-refractivity contribution in [2.24, 2.45) is 10.9 Å². The lowest BCUT2D eigenvalue weighted by Crippen LogP contribution is -2.41. The molecule has 1 aromatic carbocycles. The third-order valence-electron chi connectivity index (χ3n) is 5.09. The second-order valence-electron chi connectivity index (χ2n) is 7.44. The van der Waals surface area contributed by atoms with Crippen molar-refractivity contribution in [3.63, 3.8) is 0 Å². The van der Waals surface area contributed by atoms with Gasteiger partial charge in [0, 0.05) is 51.3 Å². The lowest BCUT2D eigenvalue weighted by atomic mass is 10.1. The zero-order valence-corrected chi connectivity index (χ0v) is 16.7. The molecule has 2 heterocycles. The van der Waals surface area contributed by atoms with E-state index in [0.29, 0.717) is 5.92 Å². The summed E-state index contributed by atoms with van der Waals surface area (Å²) in [5, 5.41) is 11.2. The standard InChI is InChI=1S/C21H32N6/c1-17(16-27-13-7-10-24-27)15-23-21(22-3)25-18(2)19-8-6-9-20(14-19)26-11-4-5-12-26/h6-10,13-14,17-18H,4-5,11-12,15-16H2,1-3H3,(H2,22,23,25). The molecule has 1 aromatic heterocycles. The molecule has 0 bridgehead atoms. The maximum Gasteiger partial charge on any atom is 0.191 e. The van der Waals surface area contributed by atoms with Crippen LogP contribution in [0.2, 0.25) is 0 Å². The fourth-order valence-corrected chi connectivity index (χ4v) is 3.51. The van der Waals surface area contributed by atoms with Crippen LogP contribution < -0.4 is 15.5 Å². The normalized spacial score (nSPS) is 17.0. The Bertz CT molecular complexity index is 718. The van der Waals surface area contributed by atoms with Gasteiger partial charge in [-0.05, 0) is 49.4 Å². The molecule has 0 amide bonds. The van der Waals surface area contributed by atoms with E-state index in [0.717, 1.165) is 19.0 Å². The van der Waals surface area contributed by atoms with Gasteiger partial charge in [-0.25, -0.2) is 0 Å². The second-order valence-corrected chi connectivity index (χ2v) is 7.44. The van der Waals surface area contributed by atoms with Gasteiger partial charge >= 0.3 is 0 Å². The van der Waals surface area contributed by atoms with E-state index in [1.54, 1.807) is 0 Å². The van der Waals surface area contributed by atoms with E-state index in [-0.39, 0.29) is 6.04 Å². The molecule has 146 valence electrons. The second kappa shape index (κ2) is 9.44. The zero-order chi connectivity index (χ0) is 19.1. The van der Waals surface area contributed by atoms with Crippen molar-refractivity contribution in [1.82, 2.24) is 20.4 Å². The first-order valence-corrected chi connectivity index (χ1v) is 9.95. The van der Waals surface area contributed by atoms with Gasteiger partial charge in [0.15, 0.2) is 5.96 Å². The van der Waals surface area contributed by atoms with Crippen LogP contribution in [0, 0.1) is 5.92 Å². The van der Waals surface area contributed by atoms with Gasteiger partial charge in [0.05, 0.1) is 6.04 Å². The summed E-state index contributed by atoms with van der Waals surface area (Å²) >= 11 is 0. The number of anilines is 1. The van der Waals surface area contributed by atoms with Gasteiger partial charge in [-0.1, -0.05) is 19.1 Å². The number of aromatic nitrogens is 2.